The zero-order valence-corrected chi connectivity index (χ0v) is 10.9. The number of aliphatic hydroxyl groups is 1. The van der Waals surface area contributed by atoms with Gasteiger partial charge in [0.15, 0.2) is 0 Å². The van der Waals surface area contributed by atoms with E-state index in [1.54, 1.807) is 0 Å². The average Bonchev–Trinajstić information content (AvgIpc) is 2.27. The Bertz CT molecular complexity index is 416. The standard InChI is InChI=1S/C12H14BrF2NO/c13-9-2-3-10(14)8(11(9)15)6-16-12(7-17)4-1-5-12/h2-3,16-17H,1,4-7H2. The topological polar surface area (TPSA) is 32.3 Å². The summed E-state index contributed by atoms with van der Waals surface area (Å²) >= 11 is 3.03. The van der Waals surface area contributed by atoms with Gasteiger partial charge in [0.1, 0.15) is 11.6 Å². The summed E-state index contributed by atoms with van der Waals surface area (Å²) < 4.78 is 27.4. The Kier molecular flexibility index (Phi) is 3.80. The third-order valence-corrected chi connectivity index (χ3v) is 4.00. The van der Waals surface area contributed by atoms with Crippen molar-refractivity contribution in [2.24, 2.45) is 0 Å². The Labute approximate surface area is 107 Å². The first kappa shape index (κ1) is 12.9. The van der Waals surface area contributed by atoms with E-state index >= 15 is 0 Å². The SMILES string of the molecule is OCC1(NCc2c(F)ccc(Br)c2F)CCC1. The minimum Gasteiger partial charge on any atom is -0.394 e. The Morgan fingerprint density at radius 2 is 2.06 bits per heavy atom. The predicted octanol–water partition coefficient (Wildman–Crippen LogP) is 2.73. The molecule has 1 aromatic carbocycles. The van der Waals surface area contributed by atoms with Gasteiger partial charge in [-0.2, -0.15) is 0 Å². The van der Waals surface area contributed by atoms with E-state index in [0.29, 0.717) is 0 Å². The van der Waals surface area contributed by atoms with Gasteiger partial charge >= 0.3 is 0 Å². The molecule has 0 spiro atoms. The summed E-state index contributed by atoms with van der Waals surface area (Å²) in [5, 5.41) is 12.3. The molecule has 17 heavy (non-hydrogen) atoms. The van der Waals surface area contributed by atoms with Crippen LogP contribution in [0.5, 0.6) is 0 Å². The molecule has 94 valence electrons. The van der Waals surface area contributed by atoms with E-state index in [0.717, 1.165) is 19.3 Å². The van der Waals surface area contributed by atoms with Crippen LogP contribution in [-0.2, 0) is 6.54 Å². The fourth-order valence-electron chi connectivity index (χ4n) is 2.00. The van der Waals surface area contributed by atoms with Crippen molar-refractivity contribution in [3.05, 3.63) is 33.8 Å². The van der Waals surface area contributed by atoms with Gasteiger partial charge in [0.2, 0.25) is 0 Å². The van der Waals surface area contributed by atoms with Crippen LogP contribution >= 0.6 is 15.9 Å². The fourth-order valence-corrected chi connectivity index (χ4v) is 2.37. The van der Waals surface area contributed by atoms with Crippen LogP contribution in [0.25, 0.3) is 0 Å². The molecule has 0 unspecified atom stereocenters. The lowest BCUT2D eigenvalue weighted by Gasteiger charge is -2.41. The van der Waals surface area contributed by atoms with Crippen molar-refractivity contribution in [1.82, 2.24) is 5.32 Å². The summed E-state index contributed by atoms with van der Waals surface area (Å²) in [6.45, 7) is 0.0991. The Balaban J connectivity index is 2.11. The van der Waals surface area contributed by atoms with Crippen molar-refractivity contribution in [3.8, 4) is 0 Å². The summed E-state index contributed by atoms with van der Waals surface area (Å²) in [6.07, 6.45) is 2.73. The van der Waals surface area contributed by atoms with Gasteiger partial charge in [-0.15, -0.1) is 0 Å². The van der Waals surface area contributed by atoms with Crippen molar-refractivity contribution in [3.63, 3.8) is 0 Å². The van der Waals surface area contributed by atoms with Crippen molar-refractivity contribution in [2.45, 2.75) is 31.3 Å². The molecule has 2 rings (SSSR count). The molecule has 1 aliphatic carbocycles. The van der Waals surface area contributed by atoms with Crippen LogP contribution in [0.4, 0.5) is 8.78 Å². The Morgan fingerprint density at radius 3 is 2.59 bits per heavy atom. The zero-order chi connectivity index (χ0) is 12.5. The number of aliphatic hydroxyl groups excluding tert-OH is 1. The minimum atomic E-state index is -0.579. The molecule has 1 fully saturated rings. The van der Waals surface area contributed by atoms with E-state index in [2.05, 4.69) is 21.2 Å². The summed E-state index contributed by atoms with van der Waals surface area (Å²) in [7, 11) is 0. The molecule has 1 aliphatic rings. The van der Waals surface area contributed by atoms with E-state index in [4.69, 9.17) is 0 Å². The first-order valence-corrected chi connectivity index (χ1v) is 6.35. The molecule has 0 bridgehead atoms. The summed E-state index contributed by atoms with van der Waals surface area (Å²) in [6, 6.07) is 2.58. The first-order valence-electron chi connectivity index (χ1n) is 5.56. The third-order valence-electron chi connectivity index (χ3n) is 3.39. The Morgan fingerprint density at radius 1 is 1.35 bits per heavy atom. The van der Waals surface area contributed by atoms with Gasteiger partial charge in [-0.05, 0) is 47.3 Å². The van der Waals surface area contributed by atoms with Crippen LogP contribution in [0.15, 0.2) is 16.6 Å². The van der Waals surface area contributed by atoms with Crippen molar-refractivity contribution in [1.29, 1.82) is 0 Å². The molecule has 0 atom stereocenters. The smallest absolute Gasteiger partial charge is 0.144 e. The fraction of sp³-hybridized carbons (Fsp3) is 0.500. The minimum absolute atomic E-state index is 0.00421. The van der Waals surface area contributed by atoms with Crippen LogP contribution in [0.1, 0.15) is 24.8 Å². The quantitative estimate of drug-likeness (QED) is 0.838. The van der Waals surface area contributed by atoms with Gasteiger partial charge in [0.05, 0.1) is 11.1 Å². The molecule has 5 heteroatoms. The maximum absolute atomic E-state index is 13.7. The summed E-state index contributed by atoms with van der Waals surface area (Å²) in [5.41, 5.74) is -0.333. The van der Waals surface area contributed by atoms with Crippen molar-refractivity contribution >= 4 is 15.9 Å². The van der Waals surface area contributed by atoms with E-state index in [-0.39, 0.29) is 28.7 Å². The number of halogens is 3. The molecule has 1 saturated carbocycles. The summed E-state index contributed by atoms with van der Waals surface area (Å²) in [5.74, 6) is -1.14. The third kappa shape index (κ3) is 2.51. The van der Waals surface area contributed by atoms with Gasteiger partial charge < -0.3 is 10.4 Å². The molecule has 2 nitrogen and oxygen atoms in total. The highest BCUT2D eigenvalue weighted by atomic mass is 79.9. The monoisotopic (exact) mass is 305 g/mol. The molecule has 2 N–H and O–H groups in total. The second kappa shape index (κ2) is 5.00. The van der Waals surface area contributed by atoms with Gasteiger partial charge in [0.25, 0.3) is 0 Å². The van der Waals surface area contributed by atoms with Crippen LogP contribution < -0.4 is 5.32 Å². The molecule has 0 aromatic heterocycles. The highest BCUT2D eigenvalue weighted by Crippen LogP contribution is 2.32. The maximum atomic E-state index is 13.7. The van der Waals surface area contributed by atoms with Crippen LogP contribution in [0, 0.1) is 11.6 Å². The van der Waals surface area contributed by atoms with Gasteiger partial charge in [0, 0.05) is 17.6 Å². The Hall–Kier alpha value is -0.520. The molecule has 0 amide bonds. The van der Waals surface area contributed by atoms with Crippen LogP contribution in [-0.4, -0.2) is 17.3 Å². The lowest BCUT2D eigenvalue weighted by Crippen LogP contribution is -2.53. The average molecular weight is 306 g/mol. The lowest BCUT2D eigenvalue weighted by atomic mass is 9.77. The number of hydrogen-bond acceptors (Lipinski definition) is 2. The number of rotatable bonds is 4. The van der Waals surface area contributed by atoms with Gasteiger partial charge in [-0.25, -0.2) is 8.78 Å². The highest BCUT2D eigenvalue weighted by Gasteiger charge is 2.36. The van der Waals surface area contributed by atoms with E-state index in [1.165, 1.54) is 12.1 Å². The van der Waals surface area contributed by atoms with Crippen molar-refractivity contribution in [2.75, 3.05) is 6.61 Å². The van der Waals surface area contributed by atoms with Crippen molar-refractivity contribution < 1.29 is 13.9 Å². The van der Waals surface area contributed by atoms with Gasteiger partial charge in [-0.3, -0.25) is 0 Å². The number of hydrogen-bond donors (Lipinski definition) is 2. The molecule has 0 radical (unpaired) electrons. The highest BCUT2D eigenvalue weighted by molar-refractivity contribution is 9.10. The van der Waals surface area contributed by atoms with E-state index in [9.17, 15) is 13.9 Å². The molecule has 1 aromatic rings. The molecular weight excluding hydrogens is 292 g/mol. The second-order valence-electron chi connectivity index (χ2n) is 4.47. The van der Waals surface area contributed by atoms with E-state index in [1.807, 2.05) is 0 Å². The van der Waals surface area contributed by atoms with Crippen LogP contribution in [0.2, 0.25) is 0 Å². The number of benzene rings is 1. The first-order chi connectivity index (χ1) is 8.08. The number of nitrogens with one attached hydrogen (secondary N) is 1. The van der Waals surface area contributed by atoms with E-state index < -0.39 is 11.6 Å². The molecular formula is C12H14BrF2NO. The second-order valence-corrected chi connectivity index (χ2v) is 5.32. The normalized spacial score (nSPS) is 17.9. The predicted molar refractivity (Wildman–Crippen MR) is 64.6 cm³/mol. The van der Waals surface area contributed by atoms with Crippen LogP contribution in [0.3, 0.4) is 0 Å². The maximum Gasteiger partial charge on any atom is 0.144 e. The molecule has 0 aliphatic heterocycles. The van der Waals surface area contributed by atoms with Gasteiger partial charge in [-0.1, -0.05) is 0 Å². The zero-order valence-electron chi connectivity index (χ0n) is 9.27. The largest absolute Gasteiger partial charge is 0.394 e. The molecule has 0 saturated heterocycles. The summed E-state index contributed by atoms with van der Waals surface area (Å²) in [4.78, 5) is 0. The lowest BCUT2D eigenvalue weighted by molar-refractivity contribution is 0.0865. The molecule has 0 heterocycles.